The van der Waals surface area contributed by atoms with E-state index in [1.165, 1.54) is 6.42 Å². The van der Waals surface area contributed by atoms with Crippen molar-refractivity contribution in [1.29, 1.82) is 0 Å². The van der Waals surface area contributed by atoms with Gasteiger partial charge in [-0.3, -0.25) is 0 Å². The summed E-state index contributed by atoms with van der Waals surface area (Å²) in [5, 5.41) is 1.07. The Kier molecular flexibility index (Phi) is 7.08. The summed E-state index contributed by atoms with van der Waals surface area (Å²) in [6.45, 7) is 2.07. The second-order valence-electron chi connectivity index (χ2n) is 1.50. The van der Waals surface area contributed by atoms with E-state index in [-0.39, 0.29) is 0 Å². The maximum absolute atomic E-state index is 3.33. The number of halogens is 1. The predicted octanol–water partition coefficient (Wildman–Crippen LogP) is 2.57. The van der Waals surface area contributed by atoms with E-state index in [1.54, 1.807) is 0 Å². The molecule has 0 aliphatic rings. The van der Waals surface area contributed by atoms with Crippen molar-refractivity contribution in [2.75, 3.05) is 5.33 Å². The molecule has 0 radical (unpaired) electrons. The molecule has 0 N–H and O–H groups in total. The van der Waals surface area contributed by atoms with Crippen molar-refractivity contribution in [3.8, 4) is 11.8 Å². The van der Waals surface area contributed by atoms with Crippen LogP contribution >= 0.6 is 15.9 Å². The molecule has 0 amide bonds. The summed E-state index contributed by atoms with van der Waals surface area (Å²) in [5.74, 6) is 6.07. The van der Waals surface area contributed by atoms with Crippen LogP contribution in [0.2, 0.25) is 0 Å². The molecule has 46 valence electrons. The molecule has 0 nitrogen and oxygen atoms in total. The Morgan fingerprint density at radius 2 is 2.12 bits per heavy atom. The van der Waals surface area contributed by atoms with Gasteiger partial charge in [-0.1, -0.05) is 22.9 Å². The van der Waals surface area contributed by atoms with E-state index in [2.05, 4.69) is 34.7 Å². The molecule has 0 aromatic rings. The molecule has 0 heterocycles. The van der Waals surface area contributed by atoms with Gasteiger partial charge < -0.3 is 0 Å². The van der Waals surface area contributed by atoms with Crippen molar-refractivity contribution in [3.05, 3.63) is 0 Å². The van der Waals surface area contributed by atoms with Crippen molar-refractivity contribution in [2.24, 2.45) is 0 Å². The summed E-state index contributed by atoms with van der Waals surface area (Å²) in [7, 11) is 0. The Hall–Kier alpha value is 0.0400. The van der Waals surface area contributed by atoms with Crippen LogP contribution in [0.3, 0.4) is 0 Å². The average Bonchev–Trinajstić information content (AvgIpc) is 1.81. The Bertz CT molecular complexity index is 86.3. The lowest BCUT2D eigenvalue weighted by Gasteiger charge is -1.80. The Labute approximate surface area is 59.8 Å². The molecule has 0 rings (SSSR count). The summed E-state index contributed by atoms with van der Waals surface area (Å²) in [5.41, 5.74) is 0. The standard InChI is InChI=1S/C7H11Br/c1-2-3-4-5-6-7-8/h2,5-7H2,1H3. The smallest absolute Gasteiger partial charge is 0.00966 e. The van der Waals surface area contributed by atoms with Gasteiger partial charge in [0.15, 0.2) is 0 Å². The predicted molar refractivity (Wildman–Crippen MR) is 41.1 cm³/mol. The van der Waals surface area contributed by atoms with E-state index in [1.807, 2.05) is 0 Å². The maximum Gasteiger partial charge on any atom is 0.00966 e. The lowest BCUT2D eigenvalue weighted by molar-refractivity contribution is 1.00. The third-order valence-corrected chi connectivity index (χ3v) is 1.30. The molecule has 0 bridgehead atoms. The van der Waals surface area contributed by atoms with Gasteiger partial charge in [0.1, 0.15) is 0 Å². The van der Waals surface area contributed by atoms with E-state index >= 15 is 0 Å². The number of hydrogen-bond acceptors (Lipinski definition) is 0. The van der Waals surface area contributed by atoms with E-state index in [0.29, 0.717) is 0 Å². The highest BCUT2D eigenvalue weighted by atomic mass is 79.9. The van der Waals surface area contributed by atoms with Crippen LogP contribution in [0.1, 0.15) is 26.2 Å². The van der Waals surface area contributed by atoms with Crippen LogP contribution in [0, 0.1) is 11.8 Å². The molecule has 0 unspecified atom stereocenters. The van der Waals surface area contributed by atoms with E-state index in [9.17, 15) is 0 Å². The van der Waals surface area contributed by atoms with Crippen molar-refractivity contribution in [3.63, 3.8) is 0 Å². The van der Waals surface area contributed by atoms with Gasteiger partial charge in [-0.25, -0.2) is 0 Å². The number of hydrogen-bond donors (Lipinski definition) is 0. The van der Waals surface area contributed by atoms with Gasteiger partial charge in [0.2, 0.25) is 0 Å². The normalized spacial score (nSPS) is 7.75. The van der Waals surface area contributed by atoms with E-state index in [0.717, 1.165) is 18.2 Å². The summed E-state index contributed by atoms with van der Waals surface area (Å²) >= 11 is 3.33. The molecule has 0 aliphatic carbocycles. The fourth-order valence-corrected chi connectivity index (χ4v) is 0.649. The van der Waals surface area contributed by atoms with Gasteiger partial charge in [0.25, 0.3) is 0 Å². The second-order valence-corrected chi connectivity index (χ2v) is 2.29. The summed E-state index contributed by atoms with van der Waals surface area (Å²) < 4.78 is 0. The monoisotopic (exact) mass is 174 g/mol. The minimum Gasteiger partial charge on any atom is -0.104 e. The van der Waals surface area contributed by atoms with Gasteiger partial charge in [0.05, 0.1) is 0 Å². The highest BCUT2D eigenvalue weighted by Crippen LogP contribution is 1.90. The van der Waals surface area contributed by atoms with Crippen LogP contribution < -0.4 is 0 Å². The highest BCUT2D eigenvalue weighted by molar-refractivity contribution is 9.09. The zero-order valence-electron chi connectivity index (χ0n) is 5.21. The number of alkyl halides is 1. The van der Waals surface area contributed by atoms with Gasteiger partial charge in [-0.15, -0.1) is 11.8 Å². The largest absolute Gasteiger partial charge is 0.104 e. The van der Waals surface area contributed by atoms with Crippen LogP contribution in [-0.4, -0.2) is 5.33 Å². The van der Waals surface area contributed by atoms with Crippen LogP contribution in [0.5, 0.6) is 0 Å². The molecule has 0 aromatic heterocycles. The van der Waals surface area contributed by atoms with E-state index < -0.39 is 0 Å². The van der Waals surface area contributed by atoms with Gasteiger partial charge >= 0.3 is 0 Å². The molecule has 0 fully saturated rings. The highest BCUT2D eigenvalue weighted by Gasteiger charge is 1.74. The maximum atomic E-state index is 3.33. The van der Waals surface area contributed by atoms with Crippen molar-refractivity contribution in [2.45, 2.75) is 26.2 Å². The minimum atomic E-state index is 0.988. The third kappa shape index (κ3) is 6.04. The van der Waals surface area contributed by atoms with Crippen molar-refractivity contribution in [1.82, 2.24) is 0 Å². The molecular weight excluding hydrogens is 164 g/mol. The van der Waals surface area contributed by atoms with E-state index in [4.69, 9.17) is 0 Å². The lowest BCUT2D eigenvalue weighted by Crippen LogP contribution is -1.69. The van der Waals surface area contributed by atoms with Crippen LogP contribution in [0.15, 0.2) is 0 Å². The first-order valence-corrected chi connectivity index (χ1v) is 4.05. The molecule has 0 saturated heterocycles. The number of rotatable bonds is 2. The average molecular weight is 175 g/mol. The molecule has 8 heavy (non-hydrogen) atoms. The first-order valence-electron chi connectivity index (χ1n) is 2.93. The van der Waals surface area contributed by atoms with Crippen molar-refractivity contribution >= 4 is 15.9 Å². The molecule has 0 atom stereocenters. The zero-order valence-corrected chi connectivity index (χ0v) is 6.79. The summed E-state index contributed by atoms with van der Waals surface area (Å²) in [4.78, 5) is 0. The molecule has 0 spiro atoms. The Balaban J connectivity index is 2.90. The third-order valence-electron chi connectivity index (χ3n) is 0.737. The van der Waals surface area contributed by atoms with Gasteiger partial charge in [0, 0.05) is 18.2 Å². The first kappa shape index (κ1) is 8.04. The summed E-state index contributed by atoms with van der Waals surface area (Å²) in [6.07, 6.45) is 3.20. The quantitative estimate of drug-likeness (QED) is 0.343. The number of unbranched alkanes of at least 4 members (excludes halogenated alkanes) is 1. The lowest BCUT2D eigenvalue weighted by atomic mass is 10.3. The van der Waals surface area contributed by atoms with Gasteiger partial charge in [-0.05, 0) is 6.42 Å². The minimum absolute atomic E-state index is 0.988. The zero-order chi connectivity index (χ0) is 6.24. The topological polar surface area (TPSA) is 0 Å². The van der Waals surface area contributed by atoms with Gasteiger partial charge in [-0.2, -0.15) is 0 Å². The molecule has 1 heteroatoms. The summed E-state index contributed by atoms with van der Waals surface area (Å²) in [6, 6.07) is 0. The first-order chi connectivity index (χ1) is 3.91. The van der Waals surface area contributed by atoms with Crippen LogP contribution in [0.4, 0.5) is 0 Å². The Morgan fingerprint density at radius 3 is 2.62 bits per heavy atom. The molecule has 0 aliphatic heterocycles. The molecular formula is C7H11Br. The fraction of sp³-hybridized carbons (Fsp3) is 0.714. The molecule has 0 saturated carbocycles. The fourth-order valence-electron chi connectivity index (χ4n) is 0.369. The Morgan fingerprint density at radius 1 is 1.38 bits per heavy atom. The van der Waals surface area contributed by atoms with Crippen molar-refractivity contribution < 1.29 is 0 Å². The SMILES string of the molecule is CCC#CCCCBr. The van der Waals surface area contributed by atoms with Crippen LogP contribution in [0.25, 0.3) is 0 Å². The van der Waals surface area contributed by atoms with Crippen LogP contribution in [-0.2, 0) is 0 Å². The molecule has 0 aromatic carbocycles. The second kappa shape index (κ2) is 7.04.